The molecule has 24 heavy (non-hydrogen) atoms. The van der Waals surface area contributed by atoms with Crippen molar-refractivity contribution < 1.29 is 0 Å². The SMILES string of the molecule is CCCC(CC)N(/C(C)=C(\C#N)C(C)=C(C#N)C#N)C1CCCC1. The highest BCUT2D eigenvalue weighted by Gasteiger charge is 2.29. The quantitative estimate of drug-likeness (QED) is 0.489. The number of hydrogen-bond donors (Lipinski definition) is 0. The molecule has 0 heterocycles. The minimum absolute atomic E-state index is 0.0285. The minimum atomic E-state index is 0.0285. The summed E-state index contributed by atoms with van der Waals surface area (Å²) in [7, 11) is 0. The Bertz CT molecular complexity index is 599. The first-order valence-electron chi connectivity index (χ1n) is 8.96. The zero-order valence-electron chi connectivity index (χ0n) is 15.4. The molecule has 0 saturated heterocycles. The van der Waals surface area contributed by atoms with Gasteiger partial charge in [0.1, 0.15) is 23.8 Å². The standard InChI is InChI=1S/C20H28N4/c1-5-9-18(6-2)24(19-10-7-8-11-19)16(4)20(14-23)15(3)17(12-21)13-22/h18-19H,5-11H2,1-4H3/b20-16+. The number of hydrogen-bond acceptors (Lipinski definition) is 4. The van der Waals surface area contributed by atoms with Gasteiger partial charge in [-0.1, -0.05) is 33.1 Å². The van der Waals surface area contributed by atoms with Gasteiger partial charge in [-0.25, -0.2) is 0 Å². The van der Waals surface area contributed by atoms with E-state index in [9.17, 15) is 5.26 Å². The second-order valence-electron chi connectivity index (χ2n) is 6.49. The molecule has 0 aliphatic heterocycles. The lowest BCUT2D eigenvalue weighted by atomic mass is 9.97. The van der Waals surface area contributed by atoms with Gasteiger partial charge in [0.15, 0.2) is 0 Å². The van der Waals surface area contributed by atoms with E-state index in [2.05, 4.69) is 24.8 Å². The van der Waals surface area contributed by atoms with E-state index in [1.165, 1.54) is 12.8 Å². The predicted octanol–water partition coefficient (Wildman–Crippen LogP) is 4.97. The molecular formula is C20H28N4. The highest BCUT2D eigenvalue weighted by molar-refractivity contribution is 5.54. The summed E-state index contributed by atoms with van der Waals surface area (Å²) in [5, 5.41) is 28.0. The first-order valence-corrected chi connectivity index (χ1v) is 8.96. The van der Waals surface area contributed by atoms with Crippen LogP contribution < -0.4 is 0 Å². The van der Waals surface area contributed by atoms with E-state index >= 15 is 0 Å². The molecule has 0 aromatic heterocycles. The first-order chi connectivity index (χ1) is 11.5. The Morgan fingerprint density at radius 3 is 2.04 bits per heavy atom. The monoisotopic (exact) mass is 324 g/mol. The van der Waals surface area contributed by atoms with Crippen LogP contribution in [0.15, 0.2) is 22.4 Å². The maximum Gasteiger partial charge on any atom is 0.133 e. The fraction of sp³-hybridized carbons (Fsp3) is 0.650. The van der Waals surface area contributed by atoms with E-state index in [-0.39, 0.29) is 5.57 Å². The molecule has 0 amide bonds. The number of allylic oxidation sites excluding steroid dienone is 4. The van der Waals surface area contributed by atoms with Crippen LogP contribution in [0.1, 0.15) is 72.6 Å². The molecule has 1 unspecified atom stereocenters. The molecular weight excluding hydrogens is 296 g/mol. The molecule has 1 fully saturated rings. The molecule has 1 aliphatic carbocycles. The van der Waals surface area contributed by atoms with Crippen LogP contribution in [0.2, 0.25) is 0 Å². The van der Waals surface area contributed by atoms with Crippen LogP contribution in [-0.2, 0) is 0 Å². The second-order valence-corrected chi connectivity index (χ2v) is 6.49. The lowest BCUT2D eigenvalue weighted by molar-refractivity contribution is 0.169. The maximum absolute atomic E-state index is 9.70. The van der Waals surface area contributed by atoms with Crippen molar-refractivity contribution in [2.24, 2.45) is 0 Å². The molecule has 4 nitrogen and oxygen atoms in total. The van der Waals surface area contributed by atoms with Crippen molar-refractivity contribution in [1.29, 1.82) is 15.8 Å². The molecule has 0 bridgehead atoms. The number of nitrogens with zero attached hydrogens (tertiary/aromatic N) is 4. The molecule has 1 aliphatic rings. The largest absolute Gasteiger partial charge is 0.368 e. The van der Waals surface area contributed by atoms with Crippen LogP contribution in [-0.4, -0.2) is 17.0 Å². The van der Waals surface area contributed by atoms with E-state index in [0.717, 1.165) is 37.8 Å². The molecule has 1 saturated carbocycles. The summed E-state index contributed by atoms with van der Waals surface area (Å²) in [5.41, 5.74) is 1.93. The van der Waals surface area contributed by atoms with Crippen molar-refractivity contribution in [2.75, 3.05) is 0 Å². The van der Waals surface area contributed by atoms with Crippen molar-refractivity contribution >= 4 is 0 Å². The van der Waals surface area contributed by atoms with Gasteiger partial charge in [-0.05, 0) is 45.1 Å². The molecule has 0 aromatic carbocycles. The summed E-state index contributed by atoms with van der Waals surface area (Å²) < 4.78 is 0. The molecule has 1 atom stereocenters. The Morgan fingerprint density at radius 2 is 1.62 bits per heavy atom. The first kappa shape index (κ1) is 19.8. The van der Waals surface area contributed by atoms with E-state index < -0.39 is 0 Å². The van der Waals surface area contributed by atoms with Crippen LogP contribution >= 0.6 is 0 Å². The number of rotatable bonds is 7. The van der Waals surface area contributed by atoms with Gasteiger partial charge in [-0.3, -0.25) is 0 Å². The van der Waals surface area contributed by atoms with Crippen LogP contribution in [0.5, 0.6) is 0 Å². The van der Waals surface area contributed by atoms with Gasteiger partial charge < -0.3 is 4.90 Å². The van der Waals surface area contributed by atoms with Gasteiger partial charge >= 0.3 is 0 Å². The third-order valence-corrected chi connectivity index (χ3v) is 5.04. The third kappa shape index (κ3) is 4.39. The predicted molar refractivity (Wildman–Crippen MR) is 95.3 cm³/mol. The summed E-state index contributed by atoms with van der Waals surface area (Å²) in [6.45, 7) is 8.07. The van der Waals surface area contributed by atoms with Crippen LogP contribution in [0.3, 0.4) is 0 Å². The molecule has 128 valence electrons. The van der Waals surface area contributed by atoms with Gasteiger partial charge in [0.25, 0.3) is 0 Å². The van der Waals surface area contributed by atoms with Crippen molar-refractivity contribution in [3.8, 4) is 18.2 Å². The highest BCUT2D eigenvalue weighted by atomic mass is 15.2. The van der Waals surface area contributed by atoms with Gasteiger partial charge in [0, 0.05) is 17.8 Å². The normalized spacial score (nSPS) is 16.4. The lowest BCUT2D eigenvalue weighted by Crippen LogP contribution is -2.41. The van der Waals surface area contributed by atoms with Crippen LogP contribution in [0.4, 0.5) is 0 Å². The van der Waals surface area contributed by atoms with E-state index in [1.54, 1.807) is 6.92 Å². The Labute approximate surface area is 146 Å². The van der Waals surface area contributed by atoms with Crippen LogP contribution in [0, 0.1) is 34.0 Å². The molecule has 0 aromatic rings. The fourth-order valence-corrected chi connectivity index (χ4v) is 3.78. The molecule has 0 spiro atoms. The Hall–Kier alpha value is -2.25. The Kier molecular flexibility index (Phi) is 8.08. The van der Waals surface area contributed by atoms with E-state index in [0.29, 0.717) is 23.2 Å². The van der Waals surface area contributed by atoms with Gasteiger partial charge in [0.05, 0.1) is 5.57 Å². The van der Waals surface area contributed by atoms with Crippen LogP contribution in [0.25, 0.3) is 0 Å². The molecule has 4 heteroatoms. The fourth-order valence-electron chi connectivity index (χ4n) is 3.78. The molecule has 0 N–H and O–H groups in total. The maximum atomic E-state index is 9.70. The van der Waals surface area contributed by atoms with Gasteiger partial charge in [0.2, 0.25) is 0 Å². The van der Waals surface area contributed by atoms with Gasteiger partial charge in [-0.15, -0.1) is 0 Å². The average molecular weight is 324 g/mol. The average Bonchev–Trinajstić information content (AvgIpc) is 3.10. The zero-order chi connectivity index (χ0) is 18.1. The van der Waals surface area contributed by atoms with Crippen molar-refractivity contribution in [3.05, 3.63) is 22.4 Å². The highest BCUT2D eigenvalue weighted by Crippen LogP contribution is 2.33. The van der Waals surface area contributed by atoms with E-state index in [4.69, 9.17) is 10.5 Å². The number of nitriles is 3. The van der Waals surface area contributed by atoms with E-state index in [1.807, 2.05) is 19.1 Å². The van der Waals surface area contributed by atoms with Crippen molar-refractivity contribution in [3.63, 3.8) is 0 Å². The zero-order valence-corrected chi connectivity index (χ0v) is 15.4. The van der Waals surface area contributed by atoms with Crippen molar-refractivity contribution in [2.45, 2.75) is 84.7 Å². The molecule has 1 rings (SSSR count). The van der Waals surface area contributed by atoms with Crippen molar-refractivity contribution in [1.82, 2.24) is 4.90 Å². The second kappa shape index (κ2) is 9.79. The summed E-state index contributed by atoms with van der Waals surface area (Å²) >= 11 is 0. The minimum Gasteiger partial charge on any atom is -0.368 e. The summed E-state index contributed by atoms with van der Waals surface area (Å²) in [6, 6.07) is 6.95. The Morgan fingerprint density at radius 1 is 1.04 bits per heavy atom. The summed E-state index contributed by atoms with van der Waals surface area (Å²) in [4.78, 5) is 2.42. The topological polar surface area (TPSA) is 74.6 Å². The molecule has 0 radical (unpaired) electrons. The Balaban J connectivity index is 3.43. The third-order valence-electron chi connectivity index (χ3n) is 5.04. The lowest BCUT2D eigenvalue weighted by Gasteiger charge is -2.39. The summed E-state index contributed by atoms with van der Waals surface area (Å²) in [5.74, 6) is 0. The van der Waals surface area contributed by atoms with Gasteiger partial charge in [-0.2, -0.15) is 15.8 Å². The smallest absolute Gasteiger partial charge is 0.133 e. The summed E-state index contributed by atoms with van der Waals surface area (Å²) in [6.07, 6.45) is 8.00.